The number of amides is 1. The molecule has 0 bridgehead atoms. The van der Waals surface area contributed by atoms with E-state index in [0.717, 1.165) is 12.8 Å². The Bertz CT molecular complexity index is 757. The number of thioether (sulfide) groups is 1. The molecule has 2 aromatic rings. The van der Waals surface area contributed by atoms with E-state index in [1.807, 2.05) is 11.5 Å². The minimum Gasteiger partial charge on any atom is -0.352 e. The second-order valence-corrected chi connectivity index (χ2v) is 6.99. The molecule has 0 unspecified atom stereocenters. The highest BCUT2D eigenvalue weighted by molar-refractivity contribution is 8.00. The van der Waals surface area contributed by atoms with E-state index in [2.05, 4.69) is 22.1 Å². The second kappa shape index (κ2) is 7.17. The fourth-order valence-corrected chi connectivity index (χ4v) is 3.32. The van der Waals surface area contributed by atoms with Gasteiger partial charge in [0.2, 0.25) is 5.91 Å². The Morgan fingerprint density at radius 2 is 2.25 bits per heavy atom. The SMILES string of the molecule is C=CCNC(=O)[C@@H](C)Sc1nnc(-c2ccccc2F)n1C1CC1. The Morgan fingerprint density at radius 3 is 2.92 bits per heavy atom. The van der Waals surface area contributed by atoms with Gasteiger partial charge in [-0.3, -0.25) is 9.36 Å². The maximum Gasteiger partial charge on any atom is 0.233 e. The molecule has 1 N–H and O–H groups in total. The molecule has 1 saturated carbocycles. The molecule has 0 spiro atoms. The van der Waals surface area contributed by atoms with E-state index >= 15 is 0 Å². The van der Waals surface area contributed by atoms with Crippen LogP contribution in [-0.2, 0) is 4.79 Å². The lowest BCUT2D eigenvalue weighted by atomic mass is 10.2. The van der Waals surface area contributed by atoms with E-state index < -0.39 is 0 Å². The predicted molar refractivity (Wildman–Crippen MR) is 92.2 cm³/mol. The van der Waals surface area contributed by atoms with Crippen molar-refractivity contribution >= 4 is 17.7 Å². The van der Waals surface area contributed by atoms with Gasteiger partial charge in [0.1, 0.15) is 5.82 Å². The number of hydrogen-bond acceptors (Lipinski definition) is 4. The van der Waals surface area contributed by atoms with Crippen molar-refractivity contribution in [2.45, 2.75) is 36.2 Å². The molecule has 24 heavy (non-hydrogen) atoms. The predicted octanol–water partition coefficient (Wildman–Crippen LogP) is 3.20. The fourth-order valence-electron chi connectivity index (χ4n) is 2.37. The summed E-state index contributed by atoms with van der Waals surface area (Å²) >= 11 is 1.34. The molecule has 0 saturated heterocycles. The zero-order valence-corrected chi connectivity index (χ0v) is 14.2. The molecule has 1 aliphatic carbocycles. The van der Waals surface area contributed by atoms with E-state index in [1.165, 1.54) is 17.8 Å². The average Bonchev–Trinajstić information content (AvgIpc) is 3.34. The van der Waals surface area contributed by atoms with Gasteiger partial charge in [-0.15, -0.1) is 16.8 Å². The molecule has 0 radical (unpaired) electrons. The Morgan fingerprint density at radius 1 is 1.50 bits per heavy atom. The summed E-state index contributed by atoms with van der Waals surface area (Å²) in [6, 6.07) is 6.83. The van der Waals surface area contributed by atoms with E-state index in [-0.39, 0.29) is 23.0 Å². The smallest absolute Gasteiger partial charge is 0.233 e. The normalized spacial score (nSPS) is 15.1. The molecule has 1 aromatic heterocycles. The summed E-state index contributed by atoms with van der Waals surface area (Å²) in [5.74, 6) is 0.120. The van der Waals surface area contributed by atoms with Gasteiger partial charge in [0.05, 0.1) is 10.8 Å². The van der Waals surface area contributed by atoms with Crippen LogP contribution >= 0.6 is 11.8 Å². The summed E-state index contributed by atoms with van der Waals surface area (Å²) in [4.78, 5) is 12.0. The van der Waals surface area contributed by atoms with Gasteiger partial charge in [0.15, 0.2) is 11.0 Å². The molecule has 3 rings (SSSR count). The zero-order chi connectivity index (χ0) is 17.1. The van der Waals surface area contributed by atoms with Crippen LogP contribution in [0.25, 0.3) is 11.4 Å². The molecule has 7 heteroatoms. The lowest BCUT2D eigenvalue weighted by Gasteiger charge is -2.13. The first-order chi connectivity index (χ1) is 11.6. The number of halogens is 1. The third-order valence-corrected chi connectivity index (χ3v) is 4.82. The maximum absolute atomic E-state index is 14.1. The lowest BCUT2D eigenvalue weighted by molar-refractivity contribution is -0.120. The molecule has 1 aromatic carbocycles. The minimum absolute atomic E-state index is 0.0855. The number of carbonyl (C=O) groups is 1. The number of carbonyl (C=O) groups excluding carboxylic acids is 1. The summed E-state index contributed by atoms with van der Waals surface area (Å²) in [6.45, 7) is 5.83. The number of rotatable bonds is 7. The first-order valence-corrected chi connectivity index (χ1v) is 8.75. The van der Waals surface area contributed by atoms with E-state index in [1.54, 1.807) is 24.3 Å². The van der Waals surface area contributed by atoms with Gasteiger partial charge in [0.25, 0.3) is 0 Å². The monoisotopic (exact) mass is 346 g/mol. The summed E-state index contributed by atoms with van der Waals surface area (Å²) in [7, 11) is 0. The lowest BCUT2D eigenvalue weighted by Crippen LogP contribution is -2.31. The van der Waals surface area contributed by atoms with Crippen LogP contribution in [0.1, 0.15) is 25.8 Å². The van der Waals surface area contributed by atoms with E-state index in [4.69, 9.17) is 0 Å². The molecular weight excluding hydrogens is 327 g/mol. The van der Waals surface area contributed by atoms with Gasteiger partial charge in [-0.1, -0.05) is 30.0 Å². The van der Waals surface area contributed by atoms with Crippen molar-refractivity contribution in [2.75, 3.05) is 6.54 Å². The van der Waals surface area contributed by atoms with Crippen molar-refractivity contribution in [3.8, 4) is 11.4 Å². The molecule has 1 atom stereocenters. The van der Waals surface area contributed by atoms with Gasteiger partial charge < -0.3 is 5.32 Å². The molecule has 1 fully saturated rings. The number of nitrogens with zero attached hydrogens (tertiary/aromatic N) is 3. The summed E-state index contributed by atoms with van der Waals surface area (Å²) < 4.78 is 16.1. The third-order valence-electron chi connectivity index (χ3n) is 3.76. The highest BCUT2D eigenvalue weighted by Gasteiger charge is 2.32. The Kier molecular flexibility index (Phi) is 4.99. The summed E-state index contributed by atoms with van der Waals surface area (Å²) in [5.41, 5.74) is 0.438. The van der Waals surface area contributed by atoms with Crippen LogP contribution in [0, 0.1) is 5.82 Å². The van der Waals surface area contributed by atoms with Crippen molar-refractivity contribution in [1.29, 1.82) is 0 Å². The molecule has 1 heterocycles. The van der Waals surface area contributed by atoms with Crippen LogP contribution in [0.4, 0.5) is 4.39 Å². The number of aromatic nitrogens is 3. The standard InChI is InChI=1S/C17H19FN4OS/c1-3-10-19-16(23)11(2)24-17-21-20-15(22(17)12-8-9-12)13-6-4-5-7-14(13)18/h3-7,11-12H,1,8-10H2,2H3,(H,19,23)/t11-/m1/s1. The van der Waals surface area contributed by atoms with Gasteiger partial charge in [-0.25, -0.2) is 4.39 Å². The van der Waals surface area contributed by atoms with Crippen LogP contribution in [-0.4, -0.2) is 32.5 Å². The first-order valence-electron chi connectivity index (χ1n) is 7.87. The maximum atomic E-state index is 14.1. The zero-order valence-electron chi connectivity index (χ0n) is 13.4. The van der Waals surface area contributed by atoms with Crippen LogP contribution < -0.4 is 5.32 Å². The second-order valence-electron chi connectivity index (χ2n) is 5.68. The quantitative estimate of drug-likeness (QED) is 0.618. The third kappa shape index (κ3) is 3.51. The Labute approximate surface area is 144 Å². The molecule has 0 aliphatic heterocycles. The largest absolute Gasteiger partial charge is 0.352 e. The Hall–Kier alpha value is -2.15. The van der Waals surface area contributed by atoms with Gasteiger partial charge in [-0.05, 0) is 31.9 Å². The minimum atomic E-state index is -0.319. The van der Waals surface area contributed by atoms with Crippen LogP contribution in [0.5, 0.6) is 0 Å². The van der Waals surface area contributed by atoms with Crippen molar-refractivity contribution < 1.29 is 9.18 Å². The van der Waals surface area contributed by atoms with Crippen molar-refractivity contribution in [3.05, 3.63) is 42.7 Å². The highest BCUT2D eigenvalue weighted by atomic mass is 32.2. The van der Waals surface area contributed by atoms with Gasteiger partial charge in [-0.2, -0.15) is 0 Å². The van der Waals surface area contributed by atoms with Crippen molar-refractivity contribution in [3.63, 3.8) is 0 Å². The van der Waals surface area contributed by atoms with E-state index in [0.29, 0.717) is 23.1 Å². The topological polar surface area (TPSA) is 59.8 Å². The number of benzene rings is 1. The summed E-state index contributed by atoms with van der Waals surface area (Å²) in [5, 5.41) is 11.5. The number of nitrogens with one attached hydrogen (secondary N) is 1. The molecule has 1 aliphatic rings. The van der Waals surface area contributed by atoms with Crippen LogP contribution in [0.15, 0.2) is 42.1 Å². The number of hydrogen-bond donors (Lipinski definition) is 1. The Balaban J connectivity index is 1.86. The van der Waals surface area contributed by atoms with E-state index in [9.17, 15) is 9.18 Å². The van der Waals surface area contributed by atoms with Crippen LogP contribution in [0.3, 0.4) is 0 Å². The fraction of sp³-hybridized carbons (Fsp3) is 0.353. The average molecular weight is 346 g/mol. The van der Waals surface area contributed by atoms with Crippen molar-refractivity contribution in [1.82, 2.24) is 20.1 Å². The molecule has 5 nitrogen and oxygen atoms in total. The summed E-state index contributed by atoms with van der Waals surface area (Å²) in [6.07, 6.45) is 3.67. The van der Waals surface area contributed by atoms with Crippen molar-refractivity contribution in [2.24, 2.45) is 0 Å². The first kappa shape index (κ1) is 16.7. The van der Waals surface area contributed by atoms with Gasteiger partial charge in [0, 0.05) is 12.6 Å². The molecule has 1 amide bonds. The molecule has 126 valence electrons. The molecular formula is C17H19FN4OS. The highest BCUT2D eigenvalue weighted by Crippen LogP contribution is 2.42. The van der Waals surface area contributed by atoms with Gasteiger partial charge >= 0.3 is 0 Å². The van der Waals surface area contributed by atoms with Crippen LogP contribution in [0.2, 0.25) is 0 Å².